The number of carbonyl (C=O) groups excluding carboxylic acids is 1. The van der Waals surface area contributed by atoms with Gasteiger partial charge in [-0.05, 0) is 54.6 Å². The minimum absolute atomic E-state index is 0.124. The van der Waals surface area contributed by atoms with Crippen molar-refractivity contribution in [2.75, 3.05) is 7.11 Å². The lowest BCUT2D eigenvalue weighted by Gasteiger charge is -2.05. The summed E-state index contributed by atoms with van der Waals surface area (Å²) < 4.78 is 11.1. The van der Waals surface area contributed by atoms with E-state index in [0.29, 0.717) is 28.2 Å². The van der Waals surface area contributed by atoms with Crippen LogP contribution in [0.2, 0.25) is 0 Å². The number of ketones is 1. The van der Waals surface area contributed by atoms with Crippen molar-refractivity contribution in [1.82, 2.24) is 0 Å². The molecular weight excluding hydrogens is 328 g/mol. The number of fused-ring (bicyclic) bond motifs is 1. The van der Waals surface area contributed by atoms with Crippen molar-refractivity contribution < 1.29 is 19.1 Å². The van der Waals surface area contributed by atoms with Gasteiger partial charge >= 0.3 is 0 Å². The van der Waals surface area contributed by atoms with Crippen molar-refractivity contribution in [1.29, 1.82) is 0 Å². The molecule has 0 fully saturated rings. The van der Waals surface area contributed by atoms with E-state index in [2.05, 4.69) is 0 Å². The molecule has 4 rings (SSSR count). The van der Waals surface area contributed by atoms with E-state index in [1.807, 2.05) is 24.3 Å². The Morgan fingerprint density at radius 3 is 2.31 bits per heavy atom. The van der Waals surface area contributed by atoms with E-state index in [4.69, 9.17) is 9.15 Å². The Bertz CT molecular complexity index is 1070. The molecule has 3 aromatic carbocycles. The van der Waals surface area contributed by atoms with Gasteiger partial charge in [0.15, 0.2) is 5.78 Å². The summed E-state index contributed by atoms with van der Waals surface area (Å²) in [7, 11) is 1.59. The first-order valence-corrected chi connectivity index (χ1v) is 8.17. The highest BCUT2D eigenvalue weighted by Gasteiger charge is 2.23. The summed E-state index contributed by atoms with van der Waals surface area (Å²) >= 11 is 0. The highest BCUT2D eigenvalue weighted by Crippen LogP contribution is 2.35. The number of para-hydroxylation sites is 1. The number of hydrogen-bond acceptors (Lipinski definition) is 4. The molecule has 0 spiro atoms. The first-order valence-electron chi connectivity index (χ1n) is 8.17. The predicted molar refractivity (Wildman–Crippen MR) is 99.7 cm³/mol. The average molecular weight is 344 g/mol. The highest BCUT2D eigenvalue weighted by atomic mass is 16.5. The molecule has 0 aliphatic heterocycles. The van der Waals surface area contributed by atoms with Gasteiger partial charge in [-0.15, -0.1) is 0 Å². The maximum absolute atomic E-state index is 13.2. The van der Waals surface area contributed by atoms with Gasteiger partial charge in [-0.25, -0.2) is 0 Å². The lowest BCUT2D eigenvalue weighted by molar-refractivity contribution is 0.104. The standard InChI is InChI=1S/C22H16O4/c1-25-17-12-8-14(9-13-17)21(24)20-18-4-2-3-5-19(18)26-22(20)15-6-10-16(23)11-7-15/h2-13,23H,1H3. The topological polar surface area (TPSA) is 59.7 Å². The van der Waals surface area contributed by atoms with Gasteiger partial charge in [-0.1, -0.05) is 18.2 Å². The molecule has 1 N–H and O–H groups in total. The van der Waals surface area contributed by atoms with Gasteiger partial charge < -0.3 is 14.3 Å². The number of phenols is 1. The molecule has 0 radical (unpaired) electrons. The second-order valence-electron chi connectivity index (χ2n) is 5.91. The van der Waals surface area contributed by atoms with Crippen LogP contribution in [0.15, 0.2) is 77.2 Å². The Kier molecular flexibility index (Phi) is 3.93. The van der Waals surface area contributed by atoms with Crippen molar-refractivity contribution in [3.8, 4) is 22.8 Å². The summed E-state index contributed by atoms with van der Waals surface area (Å²) in [5.41, 5.74) is 2.44. The molecule has 1 aromatic heterocycles. The highest BCUT2D eigenvalue weighted by molar-refractivity contribution is 6.19. The molecule has 4 nitrogen and oxygen atoms in total. The van der Waals surface area contributed by atoms with E-state index in [1.54, 1.807) is 55.6 Å². The summed E-state index contributed by atoms with van der Waals surface area (Å²) in [5.74, 6) is 1.22. The van der Waals surface area contributed by atoms with Gasteiger partial charge in [0.2, 0.25) is 0 Å². The minimum atomic E-state index is -0.124. The van der Waals surface area contributed by atoms with Gasteiger partial charge in [-0.3, -0.25) is 4.79 Å². The Morgan fingerprint density at radius 1 is 0.923 bits per heavy atom. The molecule has 4 aromatic rings. The molecule has 0 aliphatic carbocycles. The van der Waals surface area contributed by atoms with E-state index < -0.39 is 0 Å². The molecule has 0 saturated carbocycles. The number of methoxy groups -OCH3 is 1. The summed E-state index contributed by atoms with van der Waals surface area (Å²) in [4.78, 5) is 13.2. The number of carbonyl (C=O) groups is 1. The lowest BCUT2D eigenvalue weighted by Crippen LogP contribution is -2.02. The van der Waals surface area contributed by atoms with Crippen LogP contribution in [0, 0.1) is 0 Å². The first kappa shape index (κ1) is 16.0. The van der Waals surface area contributed by atoms with Crippen LogP contribution in [-0.2, 0) is 0 Å². The van der Waals surface area contributed by atoms with Gasteiger partial charge in [0, 0.05) is 16.5 Å². The molecular formula is C22H16O4. The van der Waals surface area contributed by atoms with Gasteiger partial charge in [-0.2, -0.15) is 0 Å². The fourth-order valence-electron chi connectivity index (χ4n) is 2.97. The summed E-state index contributed by atoms with van der Waals surface area (Å²) in [6.07, 6.45) is 0. The third-order valence-electron chi connectivity index (χ3n) is 4.30. The molecule has 0 atom stereocenters. The summed E-state index contributed by atoms with van der Waals surface area (Å²) in [5, 5.41) is 10.3. The number of benzene rings is 3. The Balaban J connectivity index is 1.90. The quantitative estimate of drug-likeness (QED) is 0.527. The maximum Gasteiger partial charge on any atom is 0.197 e. The third kappa shape index (κ3) is 2.71. The van der Waals surface area contributed by atoms with Crippen LogP contribution in [0.4, 0.5) is 0 Å². The van der Waals surface area contributed by atoms with Crippen LogP contribution in [-0.4, -0.2) is 18.0 Å². The molecule has 26 heavy (non-hydrogen) atoms. The molecule has 1 heterocycles. The van der Waals surface area contributed by atoms with E-state index in [0.717, 1.165) is 10.9 Å². The lowest BCUT2D eigenvalue weighted by atomic mass is 9.97. The Hall–Kier alpha value is -3.53. The van der Waals surface area contributed by atoms with Crippen LogP contribution in [0.5, 0.6) is 11.5 Å². The number of hydrogen-bond donors (Lipinski definition) is 1. The van der Waals surface area contributed by atoms with E-state index in [1.165, 1.54) is 0 Å². The molecule has 0 bridgehead atoms. The van der Waals surface area contributed by atoms with Crippen molar-refractivity contribution >= 4 is 16.8 Å². The van der Waals surface area contributed by atoms with Gasteiger partial charge in [0.05, 0.1) is 12.7 Å². The number of ether oxygens (including phenoxy) is 1. The van der Waals surface area contributed by atoms with Crippen molar-refractivity contribution in [2.24, 2.45) is 0 Å². The normalized spacial score (nSPS) is 10.8. The van der Waals surface area contributed by atoms with Gasteiger partial charge in [0.1, 0.15) is 22.8 Å². The fourth-order valence-corrected chi connectivity index (χ4v) is 2.97. The minimum Gasteiger partial charge on any atom is -0.508 e. The predicted octanol–water partition coefficient (Wildman–Crippen LogP) is 5.05. The zero-order valence-corrected chi connectivity index (χ0v) is 14.1. The first-order chi connectivity index (χ1) is 12.7. The molecule has 4 heteroatoms. The smallest absolute Gasteiger partial charge is 0.197 e. The molecule has 128 valence electrons. The zero-order chi connectivity index (χ0) is 18.1. The van der Waals surface area contributed by atoms with Crippen LogP contribution in [0.25, 0.3) is 22.3 Å². The summed E-state index contributed by atoms with van der Waals surface area (Å²) in [6.45, 7) is 0. The average Bonchev–Trinajstić information content (AvgIpc) is 3.07. The molecule has 0 unspecified atom stereocenters. The monoisotopic (exact) mass is 344 g/mol. The fraction of sp³-hybridized carbons (Fsp3) is 0.0455. The number of furan rings is 1. The largest absolute Gasteiger partial charge is 0.508 e. The third-order valence-corrected chi connectivity index (χ3v) is 4.30. The Morgan fingerprint density at radius 2 is 1.62 bits per heavy atom. The SMILES string of the molecule is COc1ccc(C(=O)c2c(-c3ccc(O)cc3)oc3ccccc23)cc1. The Labute approximate surface area is 150 Å². The second-order valence-corrected chi connectivity index (χ2v) is 5.91. The van der Waals surface area contributed by atoms with E-state index in [-0.39, 0.29) is 11.5 Å². The molecule has 0 amide bonds. The number of aromatic hydroxyl groups is 1. The van der Waals surface area contributed by atoms with Crippen molar-refractivity contribution in [3.05, 3.63) is 83.9 Å². The van der Waals surface area contributed by atoms with Crippen LogP contribution >= 0.6 is 0 Å². The van der Waals surface area contributed by atoms with Crippen LogP contribution in [0.1, 0.15) is 15.9 Å². The second kappa shape index (κ2) is 6.41. The van der Waals surface area contributed by atoms with Crippen molar-refractivity contribution in [3.63, 3.8) is 0 Å². The zero-order valence-electron chi connectivity index (χ0n) is 14.1. The van der Waals surface area contributed by atoms with Crippen LogP contribution in [0.3, 0.4) is 0 Å². The van der Waals surface area contributed by atoms with Gasteiger partial charge in [0.25, 0.3) is 0 Å². The molecule has 0 aliphatic rings. The van der Waals surface area contributed by atoms with E-state index >= 15 is 0 Å². The number of phenolic OH excluding ortho intramolecular Hbond substituents is 1. The maximum atomic E-state index is 13.2. The number of rotatable bonds is 4. The summed E-state index contributed by atoms with van der Waals surface area (Å²) in [6, 6.07) is 21.1. The van der Waals surface area contributed by atoms with Crippen LogP contribution < -0.4 is 4.74 Å². The molecule has 0 saturated heterocycles. The van der Waals surface area contributed by atoms with Crippen molar-refractivity contribution in [2.45, 2.75) is 0 Å². The van der Waals surface area contributed by atoms with E-state index in [9.17, 15) is 9.90 Å².